The fraction of sp³-hybridized carbons (Fsp3) is 0.917. The van der Waals surface area contributed by atoms with Crippen molar-refractivity contribution < 1.29 is 13.2 Å². The van der Waals surface area contributed by atoms with Gasteiger partial charge in [-0.2, -0.15) is 0 Å². The minimum Gasteiger partial charge on any atom is -0.342 e. The lowest BCUT2D eigenvalue weighted by Gasteiger charge is -2.30. The number of sulfone groups is 1. The molecule has 106 valence electrons. The summed E-state index contributed by atoms with van der Waals surface area (Å²) in [6.45, 7) is 5.29. The van der Waals surface area contributed by atoms with E-state index in [1.165, 1.54) is 0 Å². The Kier molecular flexibility index (Phi) is 6.08. The molecule has 1 N–H and O–H groups in total. The van der Waals surface area contributed by atoms with E-state index in [-0.39, 0.29) is 11.7 Å². The van der Waals surface area contributed by atoms with Crippen molar-refractivity contribution in [3.63, 3.8) is 0 Å². The molecule has 0 aliphatic carbocycles. The summed E-state index contributed by atoms with van der Waals surface area (Å²) in [5, 5.41) is 3.31. The van der Waals surface area contributed by atoms with Crippen LogP contribution in [-0.4, -0.2) is 57.4 Å². The number of hydrogen-bond acceptors (Lipinski definition) is 4. The average Bonchev–Trinajstić information content (AvgIpc) is 2.27. The SMILES string of the molecule is CCCN(CC1CCCNC1)C(=O)CS(C)(=O)=O. The van der Waals surface area contributed by atoms with E-state index >= 15 is 0 Å². The topological polar surface area (TPSA) is 66.5 Å². The van der Waals surface area contributed by atoms with Crippen molar-refractivity contribution in [2.75, 3.05) is 38.2 Å². The van der Waals surface area contributed by atoms with Gasteiger partial charge in [-0.1, -0.05) is 6.92 Å². The van der Waals surface area contributed by atoms with E-state index in [9.17, 15) is 13.2 Å². The number of rotatable bonds is 6. The first-order valence-electron chi connectivity index (χ1n) is 6.58. The third-order valence-corrected chi connectivity index (χ3v) is 3.88. The van der Waals surface area contributed by atoms with Gasteiger partial charge in [-0.15, -0.1) is 0 Å². The van der Waals surface area contributed by atoms with Crippen LogP contribution in [-0.2, 0) is 14.6 Å². The summed E-state index contributed by atoms with van der Waals surface area (Å²) >= 11 is 0. The molecule has 0 spiro atoms. The lowest BCUT2D eigenvalue weighted by Crippen LogP contribution is -2.43. The summed E-state index contributed by atoms with van der Waals surface area (Å²) in [5.74, 6) is -0.175. The molecule has 18 heavy (non-hydrogen) atoms. The van der Waals surface area contributed by atoms with Crippen LogP contribution < -0.4 is 5.32 Å². The Balaban J connectivity index is 2.54. The normalized spacial score (nSPS) is 20.7. The highest BCUT2D eigenvalue weighted by Crippen LogP contribution is 2.12. The fourth-order valence-corrected chi connectivity index (χ4v) is 2.93. The number of piperidine rings is 1. The number of carbonyl (C=O) groups is 1. The number of nitrogens with one attached hydrogen (secondary N) is 1. The van der Waals surface area contributed by atoms with Crippen molar-refractivity contribution in [3.05, 3.63) is 0 Å². The third kappa shape index (κ3) is 5.82. The van der Waals surface area contributed by atoms with Crippen molar-refractivity contribution in [1.29, 1.82) is 0 Å². The van der Waals surface area contributed by atoms with Crippen LogP contribution in [0.4, 0.5) is 0 Å². The molecule has 5 nitrogen and oxygen atoms in total. The van der Waals surface area contributed by atoms with Crippen LogP contribution >= 0.6 is 0 Å². The van der Waals surface area contributed by atoms with E-state index in [4.69, 9.17) is 0 Å². The van der Waals surface area contributed by atoms with E-state index in [0.717, 1.165) is 38.6 Å². The summed E-state index contributed by atoms with van der Waals surface area (Å²) in [6, 6.07) is 0. The van der Waals surface area contributed by atoms with Gasteiger partial charge in [0.15, 0.2) is 9.84 Å². The van der Waals surface area contributed by atoms with Gasteiger partial charge in [-0.05, 0) is 38.3 Å². The molecule has 0 radical (unpaired) electrons. The molecule has 0 aromatic rings. The summed E-state index contributed by atoms with van der Waals surface area (Å²) < 4.78 is 22.4. The molecule has 0 aromatic heterocycles. The summed E-state index contributed by atoms with van der Waals surface area (Å²) in [4.78, 5) is 13.7. The summed E-state index contributed by atoms with van der Waals surface area (Å²) in [6.07, 6.45) is 4.21. The van der Waals surface area contributed by atoms with Gasteiger partial charge < -0.3 is 10.2 Å². The number of nitrogens with zero attached hydrogens (tertiary/aromatic N) is 1. The van der Waals surface area contributed by atoms with Gasteiger partial charge in [0, 0.05) is 19.3 Å². The molecule has 6 heteroatoms. The van der Waals surface area contributed by atoms with E-state index in [1.807, 2.05) is 6.92 Å². The minimum atomic E-state index is -3.23. The highest BCUT2D eigenvalue weighted by atomic mass is 32.2. The summed E-state index contributed by atoms with van der Waals surface area (Å²) in [5.41, 5.74) is 0. The van der Waals surface area contributed by atoms with Gasteiger partial charge in [0.05, 0.1) is 0 Å². The molecular formula is C12H24N2O3S. The lowest BCUT2D eigenvalue weighted by molar-refractivity contribution is -0.129. The van der Waals surface area contributed by atoms with Crippen LogP contribution in [0.1, 0.15) is 26.2 Å². The van der Waals surface area contributed by atoms with Crippen molar-refractivity contribution in [1.82, 2.24) is 10.2 Å². The third-order valence-electron chi connectivity index (χ3n) is 3.11. The zero-order valence-electron chi connectivity index (χ0n) is 11.3. The Bertz CT molecular complexity index is 362. The van der Waals surface area contributed by atoms with Crippen molar-refractivity contribution in [2.45, 2.75) is 26.2 Å². The smallest absolute Gasteiger partial charge is 0.237 e. The Morgan fingerprint density at radius 1 is 1.44 bits per heavy atom. The van der Waals surface area contributed by atoms with Gasteiger partial charge in [0.1, 0.15) is 5.75 Å². The van der Waals surface area contributed by atoms with Crippen LogP contribution in [0, 0.1) is 5.92 Å². The average molecular weight is 276 g/mol. The molecule has 1 rings (SSSR count). The van der Waals surface area contributed by atoms with Gasteiger partial charge in [-0.25, -0.2) is 8.42 Å². The van der Waals surface area contributed by atoms with Gasteiger partial charge >= 0.3 is 0 Å². The van der Waals surface area contributed by atoms with E-state index < -0.39 is 9.84 Å². The first kappa shape index (κ1) is 15.4. The second kappa shape index (κ2) is 7.09. The zero-order valence-corrected chi connectivity index (χ0v) is 12.1. The zero-order chi connectivity index (χ0) is 13.6. The first-order valence-corrected chi connectivity index (χ1v) is 8.64. The molecular weight excluding hydrogens is 252 g/mol. The Morgan fingerprint density at radius 2 is 2.17 bits per heavy atom. The van der Waals surface area contributed by atoms with E-state index in [2.05, 4.69) is 5.32 Å². The Morgan fingerprint density at radius 3 is 2.67 bits per heavy atom. The molecule has 1 heterocycles. The van der Waals surface area contributed by atoms with Gasteiger partial charge in [0.2, 0.25) is 5.91 Å². The number of hydrogen-bond donors (Lipinski definition) is 1. The summed E-state index contributed by atoms with van der Waals surface area (Å²) in [7, 11) is -3.23. The van der Waals surface area contributed by atoms with Crippen molar-refractivity contribution in [3.8, 4) is 0 Å². The van der Waals surface area contributed by atoms with Crippen LogP contribution in [0.3, 0.4) is 0 Å². The maximum Gasteiger partial charge on any atom is 0.237 e. The monoisotopic (exact) mass is 276 g/mol. The quantitative estimate of drug-likeness (QED) is 0.756. The van der Waals surface area contributed by atoms with Crippen LogP contribution in [0.5, 0.6) is 0 Å². The van der Waals surface area contributed by atoms with Gasteiger partial charge in [0.25, 0.3) is 0 Å². The molecule has 1 fully saturated rings. The first-order chi connectivity index (χ1) is 8.42. The second-order valence-electron chi connectivity index (χ2n) is 5.12. The van der Waals surface area contributed by atoms with Crippen molar-refractivity contribution >= 4 is 15.7 Å². The van der Waals surface area contributed by atoms with E-state index in [1.54, 1.807) is 4.90 Å². The van der Waals surface area contributed by atoms with Crippen molar-refractivity contribution in [2.24, 2.45) is 5.92 Å². The molecule has 1 unspecified atom stereocenters. The minimum absolute atomic E-state index is 0.259. The number of amides is 1. The molecule has 1 amide bonds. The van der Waals surface area contributed by atoms with Crippen LogP contribution in [0.2, 0.25) is 0 Å². The molecule has 1 saturated heterocycles. The standard InChI is InChI=1S/C12H24N2O3S/c1-3-7-14(12(15)10-18(2,16)17)9-11-5-4-6-13-8-11/h11,13H,3-10H2,1-2H3. The maximum absolute atomic E-state index is 11.9. The highest BCUT2D eigenvalue weighted by molar-refractivity contribution is 7.91. The Hall–Kier alpha value is -0.620. The predicted octanol–water partition coefficient (Wildman–Crippen LogP) is 0.269. The Labute approximate surface area is 110 Å². The second-order valence-corrected chi connectivity index (χ2v) is 7.26. The predicted molar refractivity (Wildman–Crippen MR) is 72.2 cm³/mol. The van der Waals surface area contributed by atoms with Crippen LogP contribution in [0.15, 0.2) is 0 Å². The molecule has 1 aliphatic heterocycles. The molecule has 0 bridgehead atoms. The molecule has 0 aromatic carbocycles. The van der Waals surface area contributed by atoms with Crippen LogP contribution in [0.25, 0.3) is 0 Å². The largest absolute Gasteiger partial charge is 0.342 e. The number of carbonyl (C=O) groups excluding carboxylic acids is 1. The molecule has 0 saturated carbocycles. The van der Waals surface area contributed by atoms with E-state index in [0.29, 0.717) is 19.0 Å². The lowest BCUT2D eigenvalue weighted by atomic mass is 9.99. The molecule has 1 aliphatic rings. The molecule has 1 atom stereocenters. The highest BCUT2D eigenvalue weighted by Gasteiger charge is 2.22. The maximum atomic E-state index is 11.9. The van der Waals surface area contributed by atoms with Gasteiger partial charge in [-0.3, -0.25) is 4.79 Å². The fourth-order valence-electron chi connectivity index (χ4n) is 2.29.